The van der Waals surface area contributed by atoms with Gasteiger partial charge in [0.15, 0.2) is 12.1 Å². The molecule has 5 heteroatoms. The summed E-state index contributed by atoms with van der Waals surface area (Å²) in [4.78, 5) is 11.5. The Hall–Kier alpha value is -1.33. The zero-order valence-electron chi connectivity index (χ0n) is 9.07. The van der Waals surface area contributed by atoms with E-state index in [2.05, 4.69) is 5.32 Å². The van der Waals surface area contributed by atoms with Gasteiger partial charge >= 0.3 is 0 Å². The number of methoxy groups -OCH3 is 2. The minimum atomic E-state index is -0.441. The number of nitrogens with one attached hydrogen (secondary N) is 1. The lowest BCUT2D eigenvalue weighted by Crippen LogP contribution is -2.34. The number of carbonyl (C=O) groups excluding carboxylic acids is 1. The van der Waals surface area contributed by atoms with E-state index in [1.54, 1.807) is 6.07 Å². The van der Waals surface area contributed by atoms with Crippen molar-refractivity contribution >= 4 is 5.91 Å². The van der Waals surface area contributed by atoms with E-state index in [1.165, 1.54) is 20.5 Å². The third-order valence-corrected chi connectivity index (χ3v) is 2.02. The van der Waals surface area contributed by atoms with Crippen molar-refractivity contribution in [3.05, 3.63) is 23.7 Å². The van der Waals surface area contributed by atoms with Gasteiger partial charge in [-0.2, -0.15) is 0 Å². The molecule has 15 heavy (non-hydrogen) atoms. The Balaban J connectivity index is 2.47. The summed E-state index contributed by atoms with van der Waals surface area (Å²) in [6.07, 6.45) is 1.04. The maximum atomic E-state index is 11.5. The van der Waals surface area contributed by atoms with Crippen molar-refractivity contribution in [2.45, 2.75) is 13.2 Å². The molecule has 0 aliphatic carbocycles. The number of aryl methyl sites for hydroxylation is 1. The van der Waals surface area contributed by atoms with E-state index in [4.69, 9.17) is 13.9 Å². The van der Waals surface area contributed by atoms with E-state index in [0.29, 0.717) is 5.76 Å². The topological polar surface area (TPSA) is 60.7 Å². The smallest absolute Gasteiger partial charge is 0.287 e. The molecule has 1 N–H and O–H groups in total. The second kappa shape index (κ2) is 5.53. The van der Waals surface area contributed by atoms with E-state index in [1.807, 2.05) is 6.92 Å². The molecule has 84 valence electrons. The zero-order chi connectivity index (χ0) is 11.3. The highest BCUT2D eigenvalue weighted by Gasteiger charge is 2.14. The first kappa shape index (κ1) is 11.7. The normalized spacial score (nSPS) is 10.7. The van der Waals surface area contributed by atoms with Gasteiger partial charge < -0.3 is 19.2 Å². The Morgan fingerprint density at radius 1 is 1.53 bits per heavy atom. The average Bonchev–Trinajstić information content (AvgIpc) is 2.66. The van der Waals surface area contributed by atoms with Gasteiger partial charge in [0.25, 0.3) is 5.91 Å². The summed E-state index contributed by atoms with van der Waals surface area (Å²) in [7, 11) is 3.02. The van der Waals surface area contributed by atoms with Gasteiger partial charge in [0.1, 0.15) is 0 Å². The van der Waals surface area contributed by atoms with Gasteiger partial charge in [0, 0.05) is 19.8 Å². The minimum absolute atomic E-state index is 0.267. The SMILES string of the molecule is COC(CNC(=O)c1occc1C)OC. The second-order valence-corrected chi connectivity index (χ2v) is 3.04. The van der Waals surface area contributed by atoms with Crippen molar-refractivity contribution in [3.63, 3.8) is 0 Å². The number of rotatable bonds is 5. The van der Waals surface area contributed by atoms with Crippen LogP contribution in [0, 0.1) is 6.92 Å². The average molecular weight is 213 g/mol. The Morgan fingerprint density at radius 3 is 2.67 bits per heavy atom. The van der Waals surface area contributed by atoms with Crippen molar-refractivity contribution in [2.24, 2.45) is 0 Å². The molecule has 1 aromatic heterocycles. The van der Waals surface area contributed by atoms with Crippen LogP contribution in [0.1, 0.15) is 16.1 Å². The van der Waals surface area contributed by atoms with E-state index >= 15 is 0 Å². The fraction of sp³-hybridized carbons (Fsp3) is 0.500. The Bertz CT molecular complexity index is 317. The van der Waals surface area contributed by atoms with Crippen molar-refractivity contribution < 1.29 is 18.7 Å². The van der Waals surface area contributed by atoms with Crippen LogP contribution < -0.4 is 5.32 Å². The first-order valence-electron chi connectivity index (χ1n) is 4.57. The molecule has 0 aliphatic heterocycles. The number of amides is 1. The summed E-state index contributed by atoms with van der Waals surface area (Å²) in [5, 5.41) is 2.65. The fourth-order valence-electron chi connectivity index (χ4n) is 1.12. The van der Waals surface area contributed by atoms with Gasteiger partial charge in [-0.25, -0.2) is 0 Å². The quantitative estimate of drug-likeness (QED) is 0.739. The van der Waals surface area contributed by atoms with Crippen LogP contribution in [0.4, 0.5) is 0 Å². The van der Waals surface area contributed by atoms with Crippen molar-refractivity contribution in [1.82, 2.24) is 5.32 Å². The number of furan rings is 1. The van der Waals surface area contributed by atoms with Crippen LogP contribution in [0.5, 0.6) is 0 Å². The standard InChI is InChI=1S/C10H15NO4/c1-7-4-5-15-9(7)10(12)11-6-8(13-2)14-3/h4-5,8H,6H2,1-3H3,(H,11,12). The van der Waals surface area contributed by atoms with Gasteiger partial charge in [0.2, 0.25) is 0 Å². The molecule has 0 aromatic carbocycles. The highest BCUT2D eigenvalue weighted by molar-refractivity contribution is 5.92. The monoisotopic (exact) mass is 213 g/mol. The number of carbonyl (C=O) groups is 1. The van der Waals surface area contributed by atoms with Crippen LogP contribution in [0.3, 0.4) is 0 Å². The minimum Gasteiger partial charge on any atom is -0.459 e. The Kier molecular flexibility index (Phi) is 4.33. The summed E-state index contributed by atoms with van der Waals surface area (Å²) >= 11 is 0. The van der Waals surface area contributed by atoms with Gasteiger partial charge in [-0.1, -0.05) is 0 Å². The summed E-state index contributed by atoms with van der Waals surface area (Å²) in [5.74, 6) is 0.0533. The first-order chi connectivity index (χ1) is 7.19. The summed E-state index contributed by atoms with van der Waals surface area (Å²) in [6, 6.07) is 1.74. The lowest BCUT2D eigenvalue weighted by molar-refractivity contribution is -0.0975. The van der Waals surface area contributed by atoms with Crippen molar-refractivity contribution in [1.29, 1.82) is 0 Å². The highest BCUT2D eigenvalue weighted by atomic mass is 16.7. The molecule has 0 radical (unpaired) electrons. The van der Waals surface area contributed by atoms with E-state index in [9.17, 15) is 4.79 Å². The van der Waals surface area contributed by atoms with Crippen LogP contribution >= 0.6 is 0 Å². The molecule has 1 amide bonds. The van der Waals surface area contributed by atoms with Crippen LogP contribution in [0.2, 0.25) is 0 Å². The third-order valence-electron chi connectivity index (χ3n) is 2.02. The molecule has 0 atom stereocenters. The lowest BCUT2D eigenvalue weighted by atomic mass is 10.3. The van der Waals surface area contributed by atoms with Crippen LogP contribution in [0.15, 0.2) is 16.7 Å². The number of hydrogen-bond donors (Lipinski definition) is 1. The Labute approximate surface area is 88.4 Å². The predicted molar refractivity (Wildman–Crippen MR) is 53.6 cm³/mol. The molecule has 0 spiro atoms. The van der Waals surface area contributed by atoms with E-state index in [-0.39, 0.29) is 12.5 Å². The van der Waals surface area contributed by atoms with Crippen LogP contribution in [-0.2, 0) is 9.47 Å². The van der Waals surface area contributed by atoms with Crippen LogP contribution in [-0.4, -0.2) is 33.0 Å². The summed E-state index contributed by atoms with van der Waals surface area (Å²) < 4.78 is 14.9. The van der Waals surface area contributed by atoms with Gasteiger partial charge in [-0.3, -0.25) is 4.79 Å². The molecule has 5 nitrogen and oxygen atoms in total. The molecule has 0 fully saturated rings. The molecular formula is C10H15NO4. The maximum absolute atomic E-state index is 11.5. The van der Waals surface area contributed by atoms with Gasteiger partial charge in [0.05, 0.1) is 12.8 Å². The summed E-state index contributed by atoms with van der Waals surface area (Å²) in [5.41, 5.74) is 0.805. The fourth-order valence-corrected chi connectivity index (χ4v) is 1.12. The van der Waals surface area contributed by atoms with Gasteiger partial charge in [-0.15, -0.1) is 0 Å². The Morgan fingerprint density at radius 2 is 2.20 bits per heavy atom. The zero-order valence-corrected chi connectivity index (χ0v) is 9.07. The molecule has 0 unspecified atom stereocenters. The molecule has 1 heterocycles. The molecule has 1 aromatic rings. The second-order valence-electron chi connectivity index (χ2n) is 3.04. The number of hydrogen-bond acceptors (Lipinski definition) is 4. The maximum Gasteiger partial charge on any atom is 0.287 e. The lowest BCUT2D eigenvalue weighted by Gasteiger charge is -2.13. The molecule has 0 saturated carbocycles. The van der Waals surface area contributed by atoms with Crippen molar-refractivity contribution in [3.8, 4) is 0 Å². The number of ether oxygens (including phenoxy) is 2. The molecule has 0 saturated heterocycles. The summed E-state index contributed by atoms with van der Waals surface area (Å²) in [6.45, 7) is 2.09. The van der Waals surface area contributed by atoms with Crippen molar-refractivity contribution in [2.75, 3.05) is 20.8 Å². The largest absolute Gasteiger partial charge is 0.459 e. The van der Waals surface area contributed by atoms with E-state index < -0.39 is 6.29 Å². The molecular weight excluding hydrogens is 198 g/mol. The van der Waals surface area contributed by atoms with Crippen LogP contribution in [0.25, 0.3) is 0 Å². The van der Waals surface area contributed by atoms with Gasteiger partial charge in [-0.05, 0) is 13.0 Å². The first-order valence-corrected chi connectivity index (χ1v) is 4.57. The molecule has 0 aliphatic rings. The van der Waals surface area contributed by atoms with E-state index in [0.717, 1.165) is 5.56 Å². The predicted octanol–water partition coefficient (Wildman–Crippen LogP) is 0.937. The molecule has 1 rings (SSSR count). The third kappa shape index (κ3) is 3.07. The highest BCUT2D eigenvalue weighted by Crippen LogP contribution is 2.07. The molecule has 0 bridgehead atoms.